The minimum absolute atomic E-state index is 0.393. The molecule has 0 amide bonds. The Morgan fingerprint density at radius 3 is 2.67 bits per heavy atom. The quantitative estimate of drug-likeness (QED) is 0.541. The van der Waals surface area contributed by atoms with Crippen LogP contribution in [0.1, 0.15) is 0 Å². The van der Waals surface area contributed by atoms with Crippen LogP contribution in [0.3, 0.4) is 0 Å². The van der Waals surface area contributed by atoms with Crippen molar-refractivity contribution in [2.24, 2.45) is 5.73 Å². The molecule has 1 aliphatic rings. The lowest BCUT2D eigenvalue weighted by atomic mass is 10.1. The van der Waals surface area contributed by atoms with Gasteiger partial charge in [0.2, 0.25) is 0 Å². The predicted molar refractivity (Wildman–Crippen MR) is 47.1 cm³/mol. The van der Waals surface area contributed by atoms with Gasteiger partial charge in [-0.15, -0.1) is 0 Å². The molecule has 4 heteroatoms. The van der Waals surface area contributed by atoms with Gasteiger partial charge in [-0.25, -0.2) is 0 Å². The summed E-state index contributed by atoms with van der Waals surface area (Å²) in [7, 11) is 1.68. The molecular weight excluding hydrogens is 156 g/mol. The van der Waals surface area contributed by atoms with E-state index in [2.05, 4.69) is 4.90 Å². The van der Waals surface area contributed by atoms with Crippen molar-refractivity contribution >= 4 is 0 Å². The maximum atomic E-state index is 5.62. The number of ether oxygens (including phenoxy) is 2. The highest BCUT2D eigenvalue weighted by atomic mass is 16.5. The molecule has 0 bridgehead atoms. The Hall–Kier alpha value is -0.160. The molecule has 72 valence electrons. The van der Waals surface area contributed by atoms with Gasteiger partial charge in [-0.2, -0.15) is 0 Å². The number of nitrogens with zero attached hydrogens (tertiary/aromatic N) is 1. The number of rotatable bonds is 6. The zero-order chi connectivity index (χ0) is 8.81. The van der Waals surface area contributed by atoms with Gasteiger partial charge < -0.3 is 15.2 Å². The zero-order valence-corrected chi connectivity index (χ0v) is 7.66. The van der Waals surface area contributed by atoms with Crippen molar-refractivity contribution in [2.75, 3.05) is 46.6 Å². The highest BCUT2D eigenvalue weighted by Crippen LogP contribution is 2.03. The summed E-state index contributed by atoms with van der Waals surface area (Å²) in [5.74, 6) is 0. The number of hydrogen-bond acceptors (Lipinski definition) is 4. The highest BCUT2D eigenvalue weighted by Gasteiger charge is 2.21. The summed E-state index contributed by atoms with van der Waals surface area (Å²) >= 11 is 0. The maximum Gasteiger partial charge on any atom is 0.0700 e. The van der Waals surface area contributed by atoms with Gasteiger partial charge in [0, 0.05) is 32.8 Å². The van der Waals surface area contributed by atoms with E-state index in [4.69, 9.17) is 15.2 Å². The van der Waals surface area contributed by atoms with Gasteiger partial charge in [0.05, 0.1) is 19.8 Å². The largest absolute Gasteiger partial charge is 0.382 e. The van der Waals surface area contributed by atoms with Crippen LogP contribution in [0, 0.1) is 0 Å². The van der Waals surface area contributed by atoms with E-state index < -0.39 is 0 Å². The van der Waals surface area contributed by atoms with Gasteiger partial charge in [0.15, 0.2) is 0 Å². The van der Waals surface area contributed by atoms with E-state index in [1.165, 1.54) is 0 Å². The summed E-state index contributed by atoms with van der Waals surface area (Å²) in [5.41, 5.74) is 5.62. The number of hydrogen-bond donors (Lipinski definition) is 1. The lowest BCUT2D eigenvalue weighted by Gasteiger charge is -2.36. The molecule has 0 aliphatic carbocycles. The van der Waals surface area contributed by atoms with E-state index in [1.807, 2.05) is 0 Å². The summed E-state index contributed by atoms with van der Waals surface area (Å²) in [6.45, 7) is 5.20. The second-order valence-electron chi connectivity index (χ2n) is 3.12. The van der Waals surface area contributed by atoms with E-state index in [9.17, 15) is 0 Å². The van der Waals surface area contributed by atoms with E-state index in [0.29, 0.717) is 19.3 Å². The molecule has 4 nitrogen and oxygen atoms in total. The average Bonchev–Trinajstić information content (AvgIpc) is 2.00. The molecule has 0 atom stereocenters. The van der Waals surface area contributed by atoms with Crippen LogP contribution in [0.5, 0.6) is 0 Å². The third-order valence-corrected chi connectivity index (χ3v) is 1.97. The fourth-order valence-corrected chi connectivity index (χ4v) is 1.23. The van der Waals surface area contributed by atoms with Crippen molar-refractivity contribution in [1.82, 2.24) is 4.90 Å². The van der Waals surface area contributed by atoms with Crippen molar-refractivity contribution in [3.63, 3.8) is 0 Å². The molecule has 12 heavy (non-hydrogen) atoms. The standard InChI is InChI=1S/C8H18N2O2/c1-11-4-5-12-3-2-10-6-8(9)7-10/h8H,2-7,9H2,1H3. The minimum Gasteiger partial charge on any atom is -0.382 e. The van der Waals surface area contributed by atoms with Crippen LogP contribution in [0.4, 0.5) is 0 Å². The van der Waals surface area contributed by atoms with Crippen molar-refractivity contribution in [1.29, 1.82) is 0 Å². The zero-order valence-electron chi connectivity index (χ0n) is 7.66. The Bertz CT molecular complexity index is 116. The Balaban J connectivity index is 1.77. The summed E-state index contributed by atoms with van der Waals surface area (Å²) in [4.78, 5) is 2.29. The third-order valence-electron chi connectivity index (χ3n) is 1.97. The molecule has 0 radical (unpaired) electrons. The van der Waals surface area contributed by atoms with Gasteiger partial charge in [-0.3, -0.25) is 4.90 Å². The van der Waals surface area contributed by atoms with E-state index >= 15 is 0 Å². The second-order valence-corrected chi connectivity index (χ2v) is 3.12. The smallest absolute Gasteiger partial charge is 0.0700 e. The molecule has 1 aliphatic heterocycles. The summed E-state index contributed by atoms with van der Waals surface area (Å²) in [5, 5.41) is 0. The Labute approximate surface area is 73.6 Å². The predicted octanol–water partition coefficient (Wildman–Crippen LogP) is -0.708. The maximum absolute atomic E-state index is 5.62. The van der Waals surface area contributed by atoms with E-state index in [1.54, 1.807) is 7.11 Å². The summed E-state index contributed by atoms with van der Waals surface area (Å²) < 4.78 is 10.2. The second kappa shape index (κ2) is 5.48. The third kappa shape index (κ3) is 3.49. The summed E-state index contributed by atoms with van der Waals surface area (Å²) in [6, 6.07) is 0.393. The van der Waals surface area contributed by atoms with Gasteiger partial charge in [-0.1, -0.05) is 0 Å². The Kier molecular flexibility index (Phi) is 4.53. The molecule has 0 saturated carbocycles. The topological polar surface area (TPSA) is 47.7 Å². The van der Waals surface area contributed by atoms with E-state index in [-0.39, 0.29) is 0 Å². The molecule has 0 unspecified atom stereocenters. The first-order valence-electron chi connectivity index (χ1n) is 4.37. The first kappa shape index (κ1) is 9.92. The first-order chi connectivity index (χ1) is 5.83. The molecule has 1 heterocycles. The Morgan fingerprint density at radius 1 is 1.33 bits per heavy atom. The molecular formula is C8H18N2O2. The van der Waals surface area contributed by atoms with Crippen LogP contribution in [0.15, 0.2) is 0 Å². The number of likely N-dealkylation sites (tertiary alicyclic amines) is 1. The first-order valence-corrected chi connectivity index (χ1v) is 4.37. The molecule has 0 spiro atoms. The molecule has 0 aromatic rings. The molecule has 1 fully saturated rings. The van der Waals surface area contributed by atoms with Crippen LogP contribution in [-0.2, 0) is 9.47 Å². The van der Waals surface area contributed by atoms with Gasteiger partial charge in [-0.05, 0) is 0 Å². The Morgan fingerprint density at radius 2 is 2.08 bits per heavy atom. The minimum atomic E-state index is 0.393. The van der Waals surface area contributed by atoms with E-state index in [0.717, 1.165) is 26.2 Å². The molecule has 1 saturated heterocycles. The summed E-state index contributed by atoms with van der Waals surface area (Å²) in [6.07, 6.45) is 0. The van der Waals surface area contributed by atoms with Crippen LogP contribution >= 0.6 is 0 Å². The van der Waals surface area contributed by atoms with Gasteiger partial charge in [0.25, 0.3) is 0 Å². The van der Waals surface area contributed by atoms with Crippen LogP contribution in [-0.4, -0.2) is 57.5 Å². The van der Waals surface area contributed by atoms with Crippen LogP contribution < -0.4 is 5.73 Å². The number of nitrogens with two attached hydrogens (primary N) is 1. The fraction of sp³-hybridized carbons (Fsp3) is 1.00. The average molecular weight is 174 g/mol. The molecule has 0 aromatic carbocycles. The van der Waals surface area contributed by atoms with Gasteiger partial charge in [0.1, 0.15) is 0 Å². The van der Waals surface area contributed by atoms with Crippen molar-refractivity contribution in [3.05, 3.63) is 0 Å². The lowest BCUT2D eigenvalue weighted by Crippen LogP contribution is -2.56. The van der Waals surface area contributed by atoms with Crippen LogP contribution in [0.2, 0.25) is 0 Å². The monoisotopic (exact) mass is 174 g/mol. The number of methoxy groups -OCH3 is 1. The normalized spacial score (nSPS) is 19.5. The van der Waals surface area contributed by atoms with Crippen LogP contribution in [0.25, 0.3) is 0 Å². The van der Waals surface area contributed by atoms with Gasteiger partial charge >= 0.3 is 0 Å². The molecule has 1 rings (SSSR count). The van der Waals surface area contributed by atoms with Crippen molar-refractivity contribution in [3.8, 4) is 0 Å². The van der Waals surface area contributed by atoms with Crippen molar-refractivity contribution < 1.29 is 9.47 Å². The SMILES string of the molecule is COCCOCCN1CC(N)C1. The van der Waals surface area contributed by atoms with Crippen molar-refractivity contribution in [2.45, 2.75) is 6.04 Å². The highest BCUT2D eigenvalue weighted by molar-refractivity contribution is 4.81. The lowest BCUT2D eigenvalue weighted by molar-refractivity contribution is 0.0418. The fourth-order valence-electron chi connectivity index (χ4n) is 1.23. The molecule has 2 N–H and O–H groups in total. The molecule has 0 aromatic heterocycles.